The molecule has 2 aliphatic rings. The Morgan fingerprint density at radius 3 is 2.56 bits per heavy atom. The lowest BCUT2D eigenvalue weighted by Gasteiger charge is -2.19. The summed E-state index contributed by atoms with van der Waals surface area (Å²) in [6.07, 6.45) is 0.752. The van der Waals surface area contributed by atoms with Crippen LogP contribution in [0.3, 0.4) is 0 Å². The third-order valence-electron chi connectivity index (χ3n) is 5.54. The number of aromatic nitrogens is 2. The fraction of sp³-hybridized carbons (Fsp3) is 0.450. The SMILES string of the molecule is CCC(c1ccccc1)n1nc(C(=O)NC)cc1C(=O)NC1C2COCC21. The van der Waals surface area contributed by atoms with Crippen LogP contribution in [-0.2, 0) is 4.74 Å². The Bertz CT molecular complexity index is 838. The second-order valence-corrected chi connectivity index (χ2v) is 7.14. The lowest BCUT2D eigenvalue weighted by molar-refractivity contribution is 0.0914. The van der Waals surface area contributed by atoms with E-state index in [4.69, 9.17) is 4.74 Å². The van der Waals surface area contributed by atoms with Gasteiger partial charge in [0.2, 0.25) is 0 Å². The standard InChI is InChI=1S/C20H24N4O3/c1-3-16(12-7-5-4-6-8-12)24-17(9-15(23-24)19(25)21-2)20(26)22-18-13-10-27-11-14(13)18/h4-9,13-14,16,18H,3,10-11H2,1-2H3,(H,21,25)(H,22,26). The van der Waals surface area contributed by atoms with Gasteiger partial charge in [0.05, 0.1) is 19.3 Å². The van der Waals surface area contributed by atoms with E-state index < -0.39 is 0 Å². The molecule has 1 saturated carbocycles. The first-order valence-corrected chi connectivity index (χ1v) is 9.39. The van der Waals surface area contributed by atoms with Crippen LogP contribution in [0.5, 0.6) is 0 Å². The maximum absolute atomic E-state index is 13.0. The number of fused-ring (bicyclic) bond motifs is 1. The molecule has 7 nitrogen and oxygen atoms in total. The van der Waals surface area contributed by atoms with Gasteiger partial charge in [0.25, 0.3) is 11.8 Å². The zero-order chi connectivity index (χ0) is 19.0. The summed E-state index contributed by atoms with van der Waals surface area (Å²) >= 11 is 0. The molecule has 1 saturated heterocycles. The highest BCUT2D eigenvalue weighted by Gasteiger charge is 2.55. The molecule has 0 bridgehead atoms. The maximum Gasteiger partial charge on any atom is 0.271 e. The zero-order valence-electron chi connectivity index (χ0n) is 15.5. The maximum atomic E-state index is 13.0. The lowest BCUT2D eigenvalue weighted by Crippen LogP contribution is -2.32. The van der Waals surface area contributed by atoms with Crippen molar-refractivity contribution in [3.05, 3.63) is 53.3 Å². The first kappa shape index (κ1) is 17.7. The molecular weight excluding hydrogens is 344 g/mol. The Morgan fingerprint density at radius 2 is 1.93 bits per heavy atom. The van der Waals surface area contributed by atoms with Gasteiger partial charge in [0.15, 0.2) is 5.69 Å². The van der Waals surface area contributed by atoms with Crippen LogP contribution in [0, 0.1) is 11.8 Å². The summed E-state index contributed by atoms with van der Waals surface area (Å²) < 4.78 is 7.07. The van der Waals surface area contributed by atoms with Gasteiger partial charge < -0.3 is 15.4 Å². The van der Waals surface area contributed by atoms with Crippen molar-refractivity contribution in [3.63, 3.8) is 0 Å². The molecule has 2 N–H and O–H groups in total. The highest BCUT2D eigenvalue weighted by Crippen LogP contribution is 2.44. The number of amides is 2. The molecule has 4 rings (SSSR count). The number of benzene rings is 1. The van der Waals surface area contributed by atoms with Gasteiger partial charge in [-0.2, -0.15) is 5.10 Å². The van der Waals surface area contributed by atoms with Gasteiger partial charge in [-0.25, -0.2) is 0 Å². The second-order valence-electron chi connectivity index (χ2n) is 7.14. The summed E-state index contributed by atoms with van der Waals surface area (Å²) in [7, 11) is 1.56. The summed E-state index contributed by atoms with van der Waals surface area (Å²) in [5.41, 5.74) is 1.71. The van der Waals surface area contributed by atoms with Crippen molar-refractivity contribution in [1.82, 2.24) is 20.4 Å². The molecule has 1 aliphatic carbocycles. The molecule has 3 unspecified atom stereocenters. The number of carbonyl (C=O) groups excluding carboxylic acids is 2. The topological polar surface area (TPSA) is 85.2 Å². The first-order chi connectivity index (χ1) is 13.1. The molecule has 142 valence electrons. The van der Waals surface area contributed by atoms with E-state index in [9.17, 15) is 9.59 Å². The van der Waals surface area contributed by atoms with Crippen LogP contribution in [0.4, 0.5) is 0 Å². The molecule has 1 aromatic carbocycles. The second kappa shape index (κ2) is 7.15. The number of hydrogen-bond acceptors (Lipinski definition) is 4. The lowest BCUT2D eigenvalue weighted by atomic mass is 10.0. The molecule has 2 fully saturated rings. The van der Waals surface area contributed by atoms with Crippen LogP contribution >= 0.6 is 0 Å². The first-order valence-electron chi connectivity index (χ1n) is 9.39. The van der Waals surface area contributed by atoms with E-state index in [2.05, 4.69) is 15.7 Å². The Balaban J connectivity index is 1.65. The normalized spacial score (nSPS) is 24.1. The van der Waals surface area contributed by atoms with E-state index in [1.165, 1.54) is 0 Å². The summed E-state index contributed by atoms with van der Waals surface area (Å²) in [5.74, 6) is 0.341. The van der Waals surface area contributed by atoms with Crippen molar-refractivity contribution in [2.24, 2.45) is 11.8 Å². The molecule has 2 aromatic rings. The van der Waals surface area contributed by atoms with Gasteiger partial charge in [-0.15, -0.1) is 0 Å². The predicted octanol–water partition coefficient (Wildman–Crippen LogP) is 1.62. The van der Waals surface area contributed by atoms with Crippen molar-refractivity contribution in [1.29, 1.82) is 0 Å². The largest absolute Gasteiger partial charge is 0.381 e. The van der Waals surface area contributed by atoms with Gasteiger partial charge >= 0.3 is 0 Å². The number of hydrogen-bond donors (Lipinski definition) is 2. The van der Waals surface area contributed by atoms with Crippen molar-refractivity contribution in [2.75, 3.05) is 20.3 Å². The smallest absolute Gasteiger partial charge is 0.271 e. The van der Waals surface area contributed by atoms with Gasteiger partial charge in [-0.3, -0.25) is 14.3 Å². The number of rotatable bonds is 6. The number of nitrogens with zero attached hydrogens (tertiary/aromatic N) is 2. The van der Waals surface area contributed by atoms with Crippen molar-refractivity contribution >= 4 is 11.8 Å². The quantitative estimate of drug-likeness (QED) is 0.811. The predicted molar refractivity (Wildman–Crippen MR) is 99.5 cm³/mol. The number of carbonyl (C=O) groups is 2. The van der Waals surface area contributed by atoms with Crippen LogP contribution in [0.2, 0.25) is 0 Å². The van der Waals surface area contributed by atoms with Crippen molar-refractivity contribution in [3.8, 4) is 0 Å². The average molecular weight is 368 g/mol. The molecule has 7 heteroatoms. The van der Waals surface area contributed by atoms with Gasteiger partial charge in [-0.1, -0.05) is 37.3 Å². The van der Waals surface area contributed by atoms with Gasteiger partial charge in [0.1, 0.15) is 5.69 Å². The summed E-state index contributed by atoms with van der Waals surface area (Å²) in [6.45, 7) is 3.46. The minimum Gasteiger partial charge on any atom is -0.381 e. The third-order valence-corrected chi connectivity index (χ3v) is 5.54. The molecule has 2 amide bonds. The van der Waals surface area contributed by atoms with Gasteiger partial charge in [-0.05, 0) is 12.0 Å². The minimum atomic E-state index is -0.303. The van der Waals surface area contributed by atoms with Crippen LogP contribution in [0.15, 0.2) is 36.4 Å². The molecule has 0 spiro atoms. The van der Waals surface area contributed by atoms with E-state index >= 15 is 0 Å². The van der Waals surface area contributed by atoms with Crippen LogP contribution < -0.4 is 10.6 Å². The third kappa shape index (κ3) is 3.23. The molecule has 3 atom stereocenters. The Kier molecular flexibility index (Phi) is 4.70. The Labute approximate surface area is 158 Å². The summed E-state index contributed by atoms with van der Waals surface area (Å²) in [4.78, 5) is 25.1. The van der Waals surface area contributed by atoms with Gasteiger partial charge in [0, 0.05) is 31.0 Å². The molecule has 1 aliphatic heterocycles. The molecule has 1 aromatic heterocycles. The number of ether oxygens (including phenoxy) is 1. The number of nitrogens with one attached hydrogen (secondary N) is 2. The monoisotopic (exact) mass is 368 g/mol. The van der Waals surface area contributed by atoms with Crippen molar-refractivity contribution in [2.45, 2.75) is 25.4 Å². The van der Waals surface area contributed by atoms with Crippen LogP contribution in [0.25, 0.3) is 0 Å². The summed E-state index contributed by atoms with van der Waals surface area (Å²) in [5, 5.41) is 10.2. The average Bonchev–Trinajstić information content (AvgIpc) is 3.09. The van der Waals surface area contributed by atoms with E-state index in [0.717, 1.165) is 12.0 Å². The van der Waals surface area contributed by atoms with E-state index in [1.54, 1.807) is 17.8 Å². The van der Waals surface area contributed by atoms with Crippen LogP contribution in [-0.4, -0.2) is 47.9 Å². The van der Waals surface area contributed by atoms with E-state index in [0.29, 0.717) is 30.7 Å². The fourth-order valence-electron chi connectivity index (χ4n) is 3.94. The van der Waals surface area contributed by atoms with Crippen LogP contribution in [0.1, 0.15) is 45.9 Å². The summed E-state index contributed by atoms with van der Waals surface area (Å²) in [6, 6.07) is 11.5. The molecule has 0 radical (unpaired) electrons. The Morgan fingerprint density at radius 1 is 1.22 bits per heavy atom. The highest BCUT2D eigenvalue weighted by atomic mass is 16.5. The minimum absolute atomic E-state index is 0.118. The highest BCUT2D eigenvalue weighted by molar-refractivity contribution is 5.98. The van der Waals surface area contributed by atoms with Crippen molar-refractivity contribution < 1.29 is 14.3 Å². The molecule has 2 heterocycles. The molecule has 27 heavy (non-hydrogen) atoms. The molecular formula is C20H24N4O3. The van der Waals surface area contributed by atoms with E-state index in [1.807, 2.05) is 37.3 Å². The van der Waals surface area contributed by atoms with E-state index in [-0.39, 0.29) is 29.6 Å². The Hall–Kier alpha value is -2.67. The zero-order valence-corrected chi connectivity index (χ0v) is 15.5. The fourth-order valence-corrected chi connectivity index (χ4v) is 3.94.